The van der Waals surface area contributed by atoms with Crippen molar-refractivity contribution in [1.29, 1.82) is 5.26 Å². The number of piperidine rings is 1. The molecule has 3 N–H and O–H groups in total. The highest BCUT2D eigenvalue weighted by Gasteiger charge is 2.44. The smallest absolute Gasteiger partial charge is 0.319 e. The third kappa shape index (κ3) is 12.9. The summed E-state index contributed by atoms with van der Waals surface area (Å²) in [7, 11) is 0. The summed E-state index contributed by atoms with van der Waals surface area (Å²) in [6, 6.07) is 21.3. The van der Waals surface area contributed by atoms with Crippen LogP contribution in [0, 0.1) is 30.0 Å². The van der Waals surface area contributed by atoms with Crippen molar-refractivity contribution in [3.63, 3.8) is 0 Å². The molecule has 0 spiro atoms. The van der Waals surface area contributed by atoms with E-state index in [9.17, 15) is 34.2 Å². The molecule has 440 valence electrons. The Morgan fingerprint density at radius 3 is 2.46 bits per heavy atom. The number of fused-ring (bicyclic) bond motifs is 2. The number of amides is 3. The third-order valence-corrected chi connectivity index (χ3v) is 17.1. The fourth-order valence-electron chi connectivity index (χ4n) is 11.5. The molecule has 4 aromatic carbocycles. The number of rotatable bonds is 20. The number of carbonyl (C=O) groups excluding carboxylic acids is 3. The molecule has 0 aliphatic carbocycles. The summed E-state index contributed by atoms with van der Waals surface area (Å²) in [6.07, 6.45) is 0.512. The summed E-state index contributed by atoms with van der Waals surface area (Å²) in [5.41, 5.74) is 4.98. The number of hydrogen-bond acceptors (Lipinski definition) is 17. The van der Waals surface area contributed by atoms with Crippen LogP contribution in [0.1, 0.15) is 75.4 Å². The van der Waals surface area contributed by atoms with Crippen molar-refractivity contribution in [2.45, 2.75) is 89.6 Å². The van der Waals surface area contributed by atoms with Gasteiger partial charge in [0, 0.05) is 69.3 Å². The van der Waals surface area contributed by atoms with E-state index >= 15 is 4.39 Å². The zero-order chi connectivity index (χ0) is 59.3. The molecule has 19 nitrogen and oxygen atoms in total. The Labute approximate surface area is 493 Å². The van der Waals surface area contributed by atoms with E-state index in [2.05, 4.69) is 38.0 Å². The average molecular weight is 1190 g/mol. The first-order valence-electron chi connectivity index (χ1n) is 28.0. The summed E-state index contributed by atoms with van der Waals surface area (Å²) < 4.78 is 55.3. The van der Waals surface area contributed by atoms with Crippen LogP contribution in [-0.4, -0.2) is 153 Å². The number of nitrogens with one attached hydrogen (secondary N) is 1. The van der Waals surface area contributed by atoms with Crippen LogP contribution in [0.4, 0.5) is 14.6 Å². The largest absolute Gasteiger partial charge is 0.508 e. The van der Waals surface area contributed by atoms with Crippen LogP contribution in [0.15, 0.2) is 95.2 Å². The van der Waals surface area contributed by atoms with Crippen molar-refractivity contribution >= 4 is 68.2 Å². The molecule has 3 aromatic heterocycles. The first-order valence-corrected chi connectivity index (χ1v) is 29.3. The molecular weight excluding hydrogens is 1120 g/mol. The lowest BCUT2D eigenvalue weighted by molar-refractivity contribution is -0.141. The Morgan fingerprint density at radius 1 is 0.964 bits per heavy atom. The number of β-amino-alcohol motifs (C(OH)–C–C–N with tert-alkyl or cyclic N) is 1. The number of aliphatic hydroxyl groups excluding tert-OH is 1. The Morgan fingerprint density at radius 2 is 1.74 bits per heavy atom. The van der Waals surface area contributed by atoms with Crippen LogP contribution < -0.4 is 19.7 Å². The van der Waals surface area contributed by atoms with E-state index in [0.717, 1.165) is 34.5 Å². The van der Waals surface area contributed by atoms with Gasteiger partial charge in [-0.1, -0.05) is 80.6 Å². The number of thiazole rings is 1. The summed E-state index contributed by atoms with van der Waals surface area (Å²) >= 11 is 8.50. The number of carbonyl (C=O) groups is 3. The zero-order valence-electron chi connectivity index (χ0n) is 47.0. The van der Waals surface area contributed by atoms with Gasteiger partial charge in [0.1, 0.15) is 42.3 Å². The minimum Gasteiger partial charge on any atom is -0.508 e. The molecule has 6 heterocycles. The van der Waals surface area contributed by atoms with Crippen LogP contribution in [-0.2, 0) is 19.1 Å². The van der Waals surface area contributed by atoms with Gasteiger partial charge < -0.3 is 49.0 Å². The molecule has 3 saturated heterocycles. The van der Waals surface area contributed by atoms with Gasteiger partial charge in [0.2, 0.25) is 11.8 Å². The van der Waals surface area contributed by atoms with E-state index in [0.29, 0.717) is 36.0 Å². The number of nitriles is 1. The average Bonchev–Trinajstić information content (AvgIpc) is 1.37. The molecule has 3 fully saturated rings. The molecule has 7 aromatic rings. The van der Waals surface area contributed by atoms with Gasteiger partial charge in [0.25, 0.3) is 11.8 Å². The summed E-state index contributed by atoms with van der Waals surface area (Å²) in [6.45, 7) is 13.5. The molecule has 3 aliphatic heterocycles. The number of nitrogens with zero attached hydrogens (tertiary/aromatic N) is 9. The van der Waals surface area contributed by atoms with E-state index in [1.54, 1.807) is 52.6 Å². The Balaban J connectivity index is 0.730. The predicted molar refractivity (Wildman–Crippen MR) is 313 cm³/mol. The zero-order valence-corrected chi connectivity index (χ0v) is 48.5. The van der Waals surface area contributed by atoms with Crippen LogP contribution in [0.2, 0.25) is 5.02 Å². The molecular formula is C61H65ClF2N10O9S. The Bertz CT molecular complexity index is 3610. The van der Waals surface area contributed by atoms with Crippen molar-refractivity contribution in [3.8, 4) is 45.3 Å². The van der Waals surface area contributed by atoms with Crippen molar-refractivity contribution in [3.05, 3.63) is 119 Å². The van der Waals surface area contributed by atoms with E-state index in [-0.39, 0.29) is 139 Å². The fourth-order valence-corrected chi connectivity index (χ4v) is 12.6. The van der Waals surface area contributed by atoms with Gasteiger partial charge in [0.15, 0.2) is 17.4 Å². The van der Waals surface area contributed by atoms with Gasteiger partial charge in [-0.25, -0.2) is 13.8 Å². The lowest BCUT2D eigenvalue weighted by atomic mass is 9.91. The molecule has 84 heavy (non-hydrogen) atoms. The van der Waals surface area contributed by atoms with Crippen LogP contribution in [0.25, 0.3) is 43.2 Å². The summed E-state index contributed by atoms with van der Waals surface area (Å²) in [5, 5.41) is 39.9. The van der Waals surface area contributed by atoms with Crippen molar-refractivity contribution in [2.24, 2.45) is 5.92 Å². The Kier molecular flexibility index (Phi) is 18.4. The summed E-state index contributed by atoms with van der Waals surface area (Å²) in [5.74, 6) is -3.94. The molecule has 0 saturated carbocycles. The minimum atomic E-state index is -1.14. The molecule has 0 radical (unpaired) electrons. The molecule has 3 amide bonds. The first kappa shape index (κ1) is 59.4. The van der Waals surface area contributed by atoms with Crippen molar-refractivity contribution < 1.29 is 52.1 Å². The highest BCUT2D eigenvalue weighted by molar-refractivity contribution is 7.13. The van der Waals surface area contributed by atoms with E-state index in [1.165, 1.54) is 15.9 Å². The van der Waals surface area contributed by atoms with Crippen LogP contribution in [0.5, 0.6) is 17.6 Å². The quantitative estimate of drug-likeness (QED) is 0.0476. The van der Waals surface area contributed by atoms with Gasteiger partial charge in [-0.05, 0) is 83.4 Å². The number of phenolic OH excluding ortho intramolecular Hbond substituents is 1. The predicted octanol–water partition coefficient (Wildman–Crippen LogP) is 9.30. The lowest BCUT2D eigenvalue weighted by Crippen LogP contribution is -2.55. The Hall–Kier alpha value is -7.81. The number of piperazine rings is 1. The maximum Gasteiger partial charge on any atom is 0.319 e. The van der Waals surface area contributed by atoms with E-state index in [1.807, 2.05) is 63.5 Å². The number of aromatic hydroxyl groups is 1. The molecule has 23 heteroatoms. The third-order valence-electron chi connectivity index (χ3n) is 15.8. The SMILES string of the molecule is C=C(F)C(=O)N1CCN(c2nc(OCCN3CCC(OCCOc4cc([C@@H](C(=O)N5C[C@H](O)C[C@H]5C(=O)N[C@@H](C)c5ccc(-c6scnc6C)cc5)C(C)C)on4)CC3)nc3c(F)c(-c4cc(O)cc5ccccc45)c(Cl)cc23)C[C@@H]1CC#N. The number of aliphatic hydroxyl groups is 1. The van der Waals surface area contributed by atoms with Gasteiger partial charge in [-0.15, -0.1) is 11.3 Å². The second-order valence-corrected chi connectivity index (χ2v) is 23.0. The standard InChI is InChI=1S/C61H65ClF2N10O9S/c1-34(2)52(60(79)74-32-43(76)28-49(74)58(77)67-36(4)38-10-12-39(13-11-38)56-37(5)66-33-84-56)50-30-51(70-83-50)81-25-24-80-44-15-18-71(19-16-44)22-23-82-61-68-55-47(57(69-61)72-20-21-73(59(78)35(3)63)41(31-72)14-17-65)29-48(62)53(54(55)64)46-27-42(75)26-40-8-6-7-9-45(40)46/h6-13,26-27,29-30,33-34,36,41,43-44,49,52,75-76H,3,14-16,18-25,28,31-32H2,1-2,4-5H3,(H,67,77)/t36-,41-,43+,49-,52-/m0/s1. The number of halogens is 3. The van der Waals surface area contributed by atoms with Gasteiger partial charge in [0.05, 0.1) is 64.5 Å². The van der Waals surface area contributed by atoms with Crippen molar-refractivity contribution in [1.82, 2.24) is 40.1 Å². The van der Waals surface area contributed by atoms with Crippen LogP contribution >= 0.6 is 22.9 Å². The lowest BCUT2D eigenvalue weighted by Gasteiger charge is -2.41. The van der Waals surface area contributed by atoms with Gasteiger partial charge >= 0.3 is 6.01 Å². The number of aryl methyl sites for hydroxylation is 1. The molecule has 3 aliphatic rings. The monoisotopic (exact) mass is 1190 g/mol. The van der Waals surface area contributed by atoms with Gasteiger partial charge in [-0.2, -0.15) is 15.2 Å². The highest BCUT2D eigenvalue weighted by atomic mass is 35.5. The fraction of sp³-hybridized carbons (Fsp3) is 0.410. The molecule has 0 unspecified atom stereocenters. The van der Waals surface area contributed by atoms with Gasteiger partial charge in [-0.3, -0.25) is 19.3 Å². The van der Waals surface area contributed by atoms with Crippen molar-refractivity contribution in [2.75, 3.05) is 70.5 Å². The normalized spacial score (nSPS) is 18.5. The number of anilines is 1. The maximum atomic E-state index is 17.2. The number of aromatic nitrogens is 4. The topological polar surface area (TPSA) is 233 Å². The number of likely N-dealkylation sites (tertiary alicyclic amines) is 2. The van der Waals surface area contributed by atoms with E-state index in [4.69, 9.17) is 35.3 Å². The van der Waals surface area contributed by atoms with E-state index < -0.39 is 41.7 Å². The second kappa shape index (κ2) is 26.0. The number of ether oxygens (including phenoxy) is 3. The van der Waals surface area contributed by atoms with Crippen LogP contribution in [0.3, 0.4) is 0 Å². The molecule has 0 bridgehead atoms. The first-order chi connectivity index (χ1) is 40.5. The number of phenols is 1. The second-order valence-electron chi connectivity index (χ2n) is 21.8. The summed E-state index contributed by atoms with van der Waals surface area (Å²) in [4.78, 5) is 62.3. The molecule has 10 rings (SSSR count). The number of hydrogen-bond donors (Lipinski definition) is 3. The maximum absolute atomic E-state index is 17.2. The minimum absolute atomic E-state index is 0.00211. The molecule has 5 atom stereocenters. The highest BCUT2D eigenvalue weighted by Crippen LogP contribution is 2.43. The number of benzene rings is 4.